The van der Waals surface area contributed by atoms with Crippen molar-refractivity contribution in [1.29, 1.82) is 0 Å². The molecule has 1 nitrogen and oxygen atoms in total. The lowest BCUT2D eigenvalue weighted by molar-refractivity contribution is -0.189. The van der Waals surface area contributed by atoms with E-state index in [-0.39, 0.29) is 10.8 Å². The second-order valence-corrected chi connectivity index (χ2v) is 5.95. The molecule has 0 spiro atoms. The highest BCUT2D eigenvalue weighted by atomic mass is 35.5. The summed E-state index contributed by atoms with van der Waals surface area (Å²) in [6, 6.07) is 9.10. The number of hydrogen-bond donors (Lipinski definition) is 0. The van der Waals surface area contributed by atoms with Crippen molar-refractivity contribution in [3.8, 4) is 16.9 Å². The van der Waals surface area contributed by atoms with E-state index in [0.717, 1.165) is 24.3 Å². The van der Waals surface area contributed by atoms with Crippen LogP contribution < -0.4 is 4.74 Å². The Balaban J connectivity index is 1.86. The minimum Gasteiger partial charge on any atom is -0.429 e. The SMILES string of the molecule is Fc1ccc(-c2ccc(OC(F)(F)c3c(F)cc(Cl)cc3F)cc2)cc1F. The summed E-state index contributed by atoms with van der Waals surface area (Å²) >= 11 is 5.41. The van der Waals surface area contributed by atoms with E-state index in [9.17, 15) is 26.3 Å². The van der Waals surface area contributed by atoms with Crippen LogP contribution in [0.4, 0.5) is 26.3 Å². The lowest BCUT2D eigenvalue weighted by Crippen LogP contribution is -2.25. The number of ether oxygens (including phenoxy) is 1. The normalized spacial score (nSPS) is 11.5. The molecule has 8 heteroatoms. The van der Waals surface area contributed by atoms with Crippen molar-refractivity contribution in [3.63, 3.8) is 0 Å². The smallest absolute Gasteiger partial charge is 0.429 e. The van der Waals surface area contributed by atoms with Crippen molar-refractivity contribution >= 4 is 11.6 Å². The minimum atomic E-state index is -4.30. The van der Waals surface area contributed by atoms with Crippen molar-refractivity contribution in [2.45, 2.75) is 6.11 Å². The molecule has 0 fully saturated rings. The Morgan fingerprint density at radius 2 is 1.22 bits per heavy atom. The molecule has 140 valence electrons. The molecule has 0 saturated heterocycles. The molecule has 0 bridgehead atoms. The first-order valence-corrected chi connectivity index (χ1v) is 7.82. The number of hydrogen-bond acceptors (Lipinski definition) is 1. The van der Waals surface area contributed by atoms with Crippen molar-refractivity contribution in [3.05, 3.63) is 88.5 Å². The van der Waals surface area contributed by atoms with Gasteiger partial charge in [-0.05, 0) is 47.5 Å². The predicted molar refractivity (Wildman–Crippen MR) is 87.7 cm³/mol. The van der Waals surface area contributed by atoms with Gasteiger partial charge < -0.3 is 4.74 Å². The molecule has 0 aliphatic rings. The molecule has 0 amide bonds. The highest BCUT2D eigenvalue weighted by Crippen LogP contribution is 2.36. The maximum absolute atomic E-state index is 14.2. The summed E-state index contributed by atoms with van der Waals surface area (Å²) in [5.74, 6) is -5.58. The van der Waals surface area contributed by atoms with Gasteiger partial charge in [0.2, 0.25) is 0 Å². The highest BCUT2D eigenvalue weighted by Gasteiger charge is 2.41. The van der Waals surface area contributed by atoms with E-state index in [1.54, 1.807) is 0 Å². The topological polar surface area (TPSA) is 9.23 Å². The van der Waals surface area contributed by atoms with Crippen LogP contribution in [0.15, 0.2) is 54.6 Å². The van der Waals surface area contributed by atoms with Crippen molar-refractivity contribution < 1.29 is 31.1 Å². The van der Waals surface area contributed by atoms with Crippen LogP contribution in [-0.2, 0) is 6.11 Å². The molecule has 3 rings (SSSR count). The van der Waals surface area contributed by atoms with Crippen LogP contribution in [-0.4, -0.2) is 0 Å². The fourth-order valence-corrected chi connectivity index (χ4v) is 2.60. The van der Waals surface area contributed by atoms with Crippen molar-refractivity contribution in [1.82, 2.24) is 0 Å². The first-order chi connectivity index (χ1) is 12.7. The maximum atomic E-state index is 14.2. The Morgan fingerprint density at radius 3 is 1.78 bits per heavy atom. The molecule has 0 aliphatic carbocycles. The van der Waals surface area contributed by atoms with E-state index < -0.39 is 34.9 Å². The third-order valence-electron chi connectivity index (χ3n) is 3.65. The summed E-state index contributed by atoms with van der Waals surface area (Å²) in [7, 11) is 0. The number of alkyl halides is 2. The molecule has 0 N–H and O–H groups in total. The first kappa shape index (κ1) is 19.1. The third kappa shape index (κ3) is 4.03. The summed E-state index contributed by atoms with van der Waals surface area (Å²) in [4.78, 5) is 0. The van der Waals surface area contributed by atoms with Gasteiger partial charge >= 0.3 is 6.11 Å². The molecular formula is C19H9ClF6O. The van der Waals surface area contributed by atoms with Gasteiger partial charge in [0, 0.05) is 5.02 Å². The van der Waals surface area contributed by atoms with E-state index in [2.05, 4.69) is 4.74 Å². The molecule has 0 radical (unpaired) electrons. The number of rotatable bonds is 4. The van der Waals surface area contributed by atoms with Crippen LogP contribution in [0, 0.1) is 23.3 Å². The quantitative estimate of drug-likeness (QED) is 0.442. The molecule has 3 aromatic carbocycles. The summed E-state index contributed by atoms with van der Waals surface area (Å²) in [5, 5.41) is -0.375. The van der Waals surface area contributed by atoms with Crippen LogP contribution in [0.25, 0.3) is 11.1 Å². The number of benzene rings is 3. The Morgan fingerprint density at radius 1 is 0.667 bits per heavy atom. The Kier molecular flexibility index (Phi) is 5.06. The van der Waals surface area contributed by atoms with Crippen LogP contribution in [0.2, 0.25) is 5.02 Å². The van der Waals surface area contributed by atoms with E-state index in [4.69, 9.17) is 11.6 Å². The molecular weight excluding hydrogens is 394 g/mol. The fourth-order valence-electron chi connectivity index (χ4n) is 2.41. The van der Waals surface area contributed by atoms with Gasteiger partial charge in [0.25, 0.3) is 0 Å². The Labute approximate surface area is 154 Å². The van der Waals surface area contributed by atoms with Crippen LogP contribution in [0.5, 0.6) is 5.75 Å². The third-order valence-corrected chi connectivity index (χ3v) is 3.87. The first-order valence-electron chi connectivity index (χ1n) is 7.45. The second kappa shape index (κ2) is 7.15. The van der Waals surface area contributed by atoms with E-state index in [0.29, 0.717) is 23.3 Å². The average molecular weight is 403 g/mol. The Bertz CT molecular complexity index is 965. The monoisotopic (exact) mass is 402 g/mol. The molecule has 0 saturated carbocycles. The van der Waals surface area contributed by atoms with Gasteiger partial charge in [-0.3, -0.25) is 0 Å². The van der Waals surface area contributed by atoms with Gasteiger partial charge in [0.05, 0.1) is 0 Å². The zero-order chi connectivity index (χ0) is 19.8. The molecule has 3 aromatic rings. The molecule has 27 heavy (non-hydrogen) atoms. The maximum Gasteiger partial charge on any atom is 0.432 e. The fraction of sp³-hybridized carbons (Fsp3) is 0.0526. The van der Waals surface area contributed by atoms with Gasteiger partial charge in [-0.15, -0.1) is 0 Å². The zero-order valence-corrected chi connectivity index (χ0v) is 14.0. The largest absolute Gasteiger partial charge is 0.432 e. The van der Waals surface area contributed by atoms with Crippen LogP contribution in [0.1, 0.15) is 5.56 Å². The highest BCUT2D eigenvalue weighted by molar-refractivity contribution is 6.30. The molecule has 0 heterocycles. The minimum absolute atomic E-state index is 0.307. The lowest BCUT2D eigenvalue weighted by Gasteiger charge is -2.19. The van der Waals surface area contributed by atoms with Crippen LogP contribution in [0.3, 0.4) is 0 Å². The standard InChI is InChI=1S/C19H9ClF6O/c20-12-8-16(23)18(17(24)9-12)19(25,26)27-13-4-1-10(2-5-13)11-3-6-14(21)15(22)7-11/h1-9H. The second-order valence-electron chi connectivity index (χ2n) is 5.52. The van der Waals surface area contributed by atoms with Crippen molar-refractivity contribution in [2.75, 3.05) is 0 Å². The lowest BCUT2D eigenvalue weighted by atomic mass is 10.1. The summed E-state index contributed by atoms with van der Waals surface area (Å²) in [5.41, 5.74) is -0.869. The zero-order valence-electron chi connectivity index (χ0n) is 13.3. The van der Waals surface area contributed by atoms with Crippen molar-refractivity contribution in [2.24, 2.45) is 0 Å². The number of halogens is 7. The molecule has 0 unspecified atom stereocenters. The Hall–Kier alpha value is -2.67. The van der Waals surface area contributed by atoms with Crippen LogP contribution >= 0.6 is 11.6 Å². The molecule has 0 atom stereocenters. The van der Waals surface area contributed by atoms with Gasteiger partial charge in [0.15, 0.2) is 11.6 Å². The van der Waals surface area contributed by atoms with E-state index in [1.165, 1.54) is 18.2 Å². The van der Waals surface area contributed by atoms with Gasteiger partial charge in [-0.25, -0.2) is 17.6 Å². The van der Waals surface area contributed by atoms with Gasteiger partial charge in [-0.2, -0.15) is 8.78 Å². The molecule has 0 aromatic heterocycles. The predicted octanol–water partition coefficient (Wildman–Crippen LogP) is 6.69. The van der Waals surface area contributed by atoms with E-state index >= 15 is 0 Å². The van der Waals surface area contributed by atoms with Gasteiger partial charge in [-0.1, -0.05) is 29.8 Å². The average Bonchev–Trinajstić information content (AvgIpc) is 2.56. The van der Waals surface area contributed by atoms with Gasteiger partial charge in [0.1, 0.15) is 22.9 Å². The summed E-state index contributed by atoms with van der Waals surface area (Å²) < 4.78 is 86.5. The van der Waals surface area contributed by atoms with E-state index in [1.807, 2.05) is 0 Å². The summed E-state index contributed by atoms with van der Waals surface area (Å²) in [6.07, 6.45) is -4.30. The summed E-state index contributed by atoms with van der Waals surface area (Å²) in [6.45, 7) is 0. The molecule has 0 aliphatic heterocycles.